The summed E-state index contributed by atoms with van der Waals surface area (Å²) in [6, 6.07) is 16.0. The molecular weight excluding hydrogens is 250 g/mol. The van der Waals surface area contributed by atoms with Crippen LogP contribution >= 0.6 is 0 Å². The molecule has 3 rings (SSSR count). The topological polar surface area (TPSA) is 57.9 Å². The first kappa shape index (κ1) is 12.3. The number of hydrogen-bond donors (Lipinski definition) is 1. The fourth-order valence-electron chi connectivity index (χ4n) is 2.12. The van der Waals surface area contributed by atoms with Gasteiger partial charge in [0.25, 0.3) is 5.52 Å². The smallest absolute Gasteiger partial charge is 0.238 e. The van der Waals surface area contributed by atoms with Crippen molar-refractivity contribution in [2.45, 2.75) is 13.8 Å². The fraction of sp³-hybridized carbons (Fsp3) is 0.133. The van der Waals surface area contributed by atoms with Crippen LogP contribution < -0.4 is 4.79 Å². The Morgan fingerprint density at radius 2 is 1.80 bits per heavy atom. The minimum atomic E-state index is 0.838. The van der Waals surface area contributed by atoms with Crippen molar-refractivity contribution < 1.29 is 4.79 Å². The van der Waals surface area contributed by atoms with Crippen LogP contribution in [-0.2, 0) is 0 Å². The quantitative estimate of drug-likeness (QED) is 0.561. The summed E-state index contributed by atoms with van der Waals surface area (Å²) in [6.07, 6.45) is 0. The van der Waals surface area contributed by atoms with E-state index in [4.69, 9.17) is 5.41 Å². The molecule has 0 radical (unpaired) electrons. The summed E-state index contributed by atoms with van der Waals surface area (Å²) in [6.45, 7) is 4.06. The molecule has 1 N–H and O–H groups in total. The van der Waals surface area contributed by atoms with Crippen LogP contribution in [0.15, 0.2) is 47.6 Å². The first-order valence-electron chi connectivity index (χ1n) is 6.30. The Morgan fingerprint density at radius 1 is 1.10 bits per heavy atom. The molecule has 0 bridgehead atoms. The van der Waals surface area contributed by atoms with E-state index < -0.39 is 0 Å². The summed E-state index contributed by atoms with van der Waals surface area (Å²) in [5.74, 6) is 0. The zero-order chi connectivity index (χ0) is 14.1. The van der Waals surface area contributed by atoms with Crippen LogP contribution in [0.3, 0.4) is 0 Å². The third-order valence-electron chi connectivity index (χ3n) is 3.14. The molecule has 0 aliphatic carbocycles. The van der Waals surface area contributed by atoms with Crippen molar-refractivity contribution in [3.05, 3.63) is 53.6 Å². The standard InChI is InChI=1S/C15H14N5/c1-11-3-6-13(7-4-11)19-18-14-9-12(2)5-8-15(14)20(19)17-10-16/h3-9,16H,1-2H3/q+1. The molecule has 0 spiro atoms. The summed E-state index contributed by atoms with van der Waals surface area (Å²) >= 11 is 0. The second kappa shape index (κ2) is 4.72. The number of nitrogens with zero attached hydrogens (tertiary/aromatic N) is 4. The molecule has 98 valence electrons. The predicted octanol–water partition coefficient (Wildman–Crippen LogP) is 2.45. The van der Waals surface area contributed by atoms with Crippen LogP contribution in [0, 0.1) is 19.3 Å². The van der Waals surface area contributed by atoms with Crippen LogP contribution in [0.4, 0.5) is 0 Å². The van der Waals surface area contributed by atoms with E-state index in [1.54, 1.807) is 9.59 Å². The monoisotopic (exact) mass is 264 g/mol. The Bertz CT molecular complexity index is 823. The van der Waals surface area contributed by atoms with Crippen molar-refractivity contribution in [2.24, 2.45) is 5.10 Å². The van der Waals surface area contributed by atoms with E-state index in [-0.39, 0.29) is 0 Å². The molecule has 0 amide bonds. The molecule has 0 aliphatic heterocycles. The molecule has 5 heteroatoms. The van der Waals surface area contributed by atoms with Crippen molar-refractivity contribution >= 4 is 17.0 Å². The van der Waals surface area contributed by atoms with Gasteiger partial charge in [-0.1, -0.05) is 23.8 Å². The SMILES string of the molecule is Cc1ccc(-n2nc3cc(C)ccc3[n+]2N=C=N)cc1. The molecule has 0 fully saturated rings. The number of aryl methyl sites for hydroxylation is 2. The fourth-order valence-corrected chi connectivity index (χ4v) is 2.12. The second-order valence-corrected chi connectivity index (χ2v) is 4.72. The minimum absolute atomic E-state index is 0.838. The molecule has 0 unspecified atom stereocenters. The minimum Gasteiger partial charge on any atom is -0.238 e. The van der Waals surface area contributed by atoms with E-state index >= 15 is 0 Å². The number of aromatic nitrogens is 3. The number of rotatable bonds is 2. The zero-order valence-corrected chi connectivity index (χ0v) is 11.3. The van der Waals surface area contributed by atoms with Crippen molar-refractivity contribution in [3.8, 4) is 5.69 Å². The van der Waals surface area contributed by atoms with Gasteiger partial charge in [0.2, 0.25) is 5.52 Å². The molecule has 3 aromatic rings. The van der Waals surface area contributed by atoms with Crippen LogP contribution in [0.1, 0.15) is 11.1 Å². The second-order valence-electron chi connectivity index (χ2n) is 4.72. The van der Waals surface area contributed by atoms with Crippen molar-refractivity contribution in [2.75, 3.05) is 0 Å². The lowest BCUT2D eigenvalue weighted by Gasteiger charge is -1.97. The van der Waals surface area contributed by atoms with Crippen LogP contribution in [0.5, 0.6) is 0 Å². The first-order chi connectivity index (χ1) is 9.69. The first-order valence-corrected chi connectivity index (χ1v) is 6.30. The van der Waals surface area contributed by atoms with Gasteiger partial charge in [-0.05, 0) is 48.5 Å². The van der Waals surface area contributed by atoms with Gasteiger partial charge in [-0.25, -0.2) is 5.41 Å². The highest BCUT2D eigenvalue weighted by atomic mass is 15.7. The van der Waals surface area contributed by atoms with Gasteiger partial charge in [0, 0.05) is 9.90 Å². The predicted molar refractivity (Wildman–Crippen MR) is 76.3 cm³/mol. The molecule has 0 saturated carbocycles. The number of fused-ring (bicyclic) bond motifs is 1. The van der Waals surface area contributed by atoms with Gasteiger partial charge in [-0.2, -0.15) is 0 Å². The average Bonchev–Trinajstić information content (AvgIpc) is 2.78. The largest absolute Gasteiger partial charge is 0.252 e. The molecule has 0 saturated heterocycles. The third-order valence-corrected chi connectivity index (χ3v) is 3.14. The molecule has 5 nitrogen and oxygen atoms in total. The Kier molecular flexibility index (Phi) is 2.89. The highest BCUT2D eigenvalue weighted by Gasteiger charge is 2.20. The Morgan fingerprint density at radius 3 is 2.50 bits per heavy atom. The summed E-state index contributed by atoms with van der Waals surface area (Å²) < 4.78 is 0. The maximum atomic E-state index is 7.11. The van der Waals surface area contributed by atoms with Crippen LogP contribution in [0.2, 0.25) is 0 Å². The summed E-state index contributed by atoms with van der Waals surface area (Å²) in [5, 5.41) is 15.6. The van der Waals surface area contributed by atoms with Gasteiger partial charge in [0.1, 0.15) is 11.7 Å². The molecule has 0 aliphatic rings. The van der Waals surface area contributed by atoms with E-state index in [9.17, 15) is 0 Å². The Balaban J connectivity index is 2.31. The van der Waals surface area contributed by atoms with Crippen LogP contribution in [0.25, 0.3) is 16.7 Å². The van der Waals surface area contributed by atoms with Gasteiger partial charge in [-0.15, -0.1) is 0 Å². The molecule has 20 heavy (non-hydrogen) atoms. The average molecular weight is 264 g/mol. The molecule has 2 aromatic carbocycles. The molecule has 0 atom stereocenters. The number of nitrogens with one attached hydrogen (secondary N) is 1. The molecular formula is C15H14N5+. The lowest BCUT2D eigenvalue weighted by atomic mass is 10.2. The lowest BCUT2D eigenvalue weighted by molar-refractivity contribution is -0.731. The van der Waals surface area contributed by atoms with Crippen molar-refractivity contribution in [1.82, 2.24) is 9.90 Å². The number of benzene rings is 2. The van der Waals surface area contributed by atoms with Crippen LogP contribution in [-0.4, -0.2) is 15.9 Å². The van der Waals surface area contributed by atoms with E-state index in [1.165, 1.54) is 5.56 Å². The van der Waals surface area contributed by atoms with E-state index in [1.807, 2.05) is 56.3 Å². The molecule has 1 heterocycles. The van der Waals surface area contributed by atoms with Crippen molar-refractivity contribution in [3.63, 3.8) is 0 Å². The maximum absolute atomic E-state index is 7.11. The van der Waals surface area contributed by atoms with Gasteiger partial charge in [0.05, 0.1) is 5.10 Å². The summed E-state index contributed by atoms with van der Waals surface area (Å²) in [7, 11) is 0. The lowest BCUT2D eigenvalue weighted by Crippen LogP contribution is -2.38. The highest BCUT2D eigenvalue weighted by molar-refractivity contribution is 5.71. The zero-order valence-electron chi connectivity index (χ0n) is 11.3. The van der Waals surface area contributed by atoms with Gasteiger partial charge < -0.3 is 0 Å². The highest BCUT2D eigenvalue weighted by Crippen LogP contribution is 2.13. The van der Waals surface area contributed by atoms with E-state index in [0.717, 1.165) is 22.3 Å². The van der Waals surface area contributed by atoms with E-state index in [0.29, 0.717) is 0 Å². The normalized spacial score (nSPS) is 10.5. The van der Waals surface area contributed by atoms with Gasteiger partial charge in [-0.3, -0.25) is 0 Å². The Labute approximate surface area is 116 Å². The van der Waals surface area contributed by atoms with Crippen molar-refractivity contribution in [1.29, 1.82) is 5.41 Å². The Hall–Kier alpha value is -2.78. The van der Waals surface area contributed by atoms with Gasteiger partial charge >= 0.3 is 0 Å². The summed E-state index contributed by atoms with van der Waals surface area (Å²) in [4.78, 5) is 3.25. The van der Waals surface area contributed by atoms with E-state index in [2.05, 4.69) is 16.2 Å². The third kappa shape index (κ3) is 2.00. The maximum Gasteiger partial charge on any atom is 0.252 e. The number of hydrogen-bond acceptors (Lipinski definition) is 3. The molecule has 1 aromatic heterocycles. The summed E-state index contributed by atoms with van der Waals surface area (Å²) in [5.41, 5.74) is 4.89. The van der Waals surface area contributed by atoms with Gasteiger partial charge in [0.15, 0.2) is 0 Å².